The van der Waals surface area contributed by atoms with Crippen LogP contribution in [0.2, 0.25) is 0 Å². The quantitative estimate of drug-likeness (QED) is 0.756. The Hall–Kier alpha value is -2.27. The number of hydrogen-bond donors (Lipinski definition) is 0. The highest BCUT2D eigenvalue weighted by Crippen LogP contribution is 2.55. The van der Waals surface area contributed by atoms with Gasteiger partial charge in [-0.25, -0.2) is 0 Å². The number of nitrogens with zero attached hydrogens (tertiary/aromatic N) is 2. The zero-order valence-electron chi connectivity index (χ0n) is 16.8. The number of benzene rings is 2. The number of fused-ring (bicyclic) bond motifs is 2. The zero-order valence-corrected chi connectivity index (χ0v) is 17.6. The Morgan fingerprint density at radius 3 is 2.72 bits per heavy atom. The number of carbonyl (C=O) groups excluding carboxylic acids is 2. The van der Waals surface area contributed by atoms with Gasteiger partial charge in [0.2, 0.25) is 5.91 Å². The maximum Gasteiger partial charge on any atom is 0.268 e. The summed E-state index contributed by atoms with van der Waals surface area (Å²) >= 11 is 1.63. The normalized spacial score (nSPS) is 24.0. The summed E-state index contributed by atoms with van der Waals surface area (Å²) in [6.45, 7) is 3.25. The monoisotopic (exact) mass is 406 g/mol. The van der Waals surface area contributed by atoms with E-state index in [0.717, 1.165) is 48.3 Å². The van der Waals surface area contributed by atoms with Gasteiger partial charge < -0.3 is 9.80 Å². The molecule has 0 radical (unpaired) electrons. The molecule has 1 atom stereocenters. The summed E-state index contributed by atoms with van der Waals surface area (Å²) in [6, 6.07) is 16.3. The molecule has 29 heavy (non-hydrogen) atoms. The van der Waals surface area contributed by atoms with Crippen LogP contribution in [0.5, 0.6) is 0 Å². The van der Waals surface area contributed by atoms with Crippen LogP contribution in [-0.2, 0) is 21.0 Å². The maximum atomic E-state index is 13.9. The molecule has 2 amide bonds. The van der Waals surface area contributed by atoms with Crippen molar-refractivity contribution in [3.05, 3.63) is 65.2 Å². The van der Waals surface area contributed by atoms with Crippen molar-refractivity contribution in [1.29, 1.82) is 0 Å². The predicted octanol–water partition coefficient (Wildman–Crippen LogP) is 4.46. The van der Waals surface area contributed by atoms with Gasteiger partial charge in [-0.1, -0.05) is 60.9 Å². The SMILES string of the molecule is Cc1cccc(CN2C(=O)[C@@]3(SCCN3C(=O)C3CCCC3)c3ccccc32)c1. The first-order valence-corrected chi connectivity index (χ1v) is 11.5. The number of amides is 2. The van der Waals surface area contributed by atoms with Gasteiger partial charge in [-0.3, -0.25) is 9.59 Å². The molecule has 0 aromatic heterocycles. The lowest BCUT2D eigenvalue weighted by molar-refractivity contribution is -0.143. The van der Waals surface area contributed by atoms with Crippen molar-refractivity contribution < 1.29 is 9.59 Å². The molecule has 0 unspecified atom stereocenters. The predicted molar refractivity (Wildman–Crippen MR) is 117 cm³/mol. The van der Waals surface area contributed by atoms with Crippen LogP contribution >= 0.6 is 11.8 Å². The lowest BCUT2D eigenvalue weighted by atomic mass is 10.0. The van der Waals surface area contributed by atoms with Crippen molar-refractivity contribution in [2.75, 3.05) is 17.2 Å². The number of rotatable bonds is 3. The van der Waals surface area contributed by atoms with Gasteiger partial charge in [0, 0.05) is 23.8 Å². The van der Waals surface area contributed by atoms with Gasteiger partial charge in [0.25, 0.3) is 5.91 Å². The molecule has 3 aliphatic rings. The van der Waals surface area contributed by atoms with Gasteiger partial charge in [-0.15, -0.1) is 11.8 Å². The summed E-state index contributed by atoms with van der Waals surface area (Å²) in [5, 5.41) is 0. The van der Waals surface area contributed by atoms with E-state index in [1.54, 1.807) is 11.8 Å². The second-order valence-electron chi connectivity index (χ2n) is 8.36. The van der Waals surface area contributed by atoms with E-state index in [1.807, 2.05) is 40.1 Å². The summed E-state index contributed by atoms with van der Waals surface area (Å²) < 4.78 is 0. The highest BCUT2D eigenvalue weighted by atomic mass is 32.2. The molecule has 5 rings (SSSR count). The molecule has 150 valence electrons. The topological polar surface area (TPSA) is 40.6 Å². The van der Waals surface area contributed by atoms with Gasteiger partial charge in [0.1, 0.15) is 0 Å². The summed E-state index contributed by atoms with van der Waals surface area (Å²) in [5.41, 5.74) is 4.22. The van der Waals surface area contributed by atoms with Gasteiger partial charge in [-0.05, 0) is 31.4 Å². The third kappa shape index (κ3) is 2.90. The van der Waals surface area contributed by atoms with Crippen molar-refractivity contribution >= 4 is 29.3 Å². The molecular formula is C24H26N2O2S. The first-order chi connectivity index (χ1) is 14.1. The average Bonchev–Trinajstić information content (AvgIpc) is 3.45. The second-order valence-corrected chi connectivity index (χ2v) is 9.65. The van der Waals surface area contributed by atoms with E-state index in [0.29, 0.717) is 13.1 Å². The zero-order chi connectivity index (χ0) is 20.0. The van der Waals surface area contributed by atoms with E-state index in [4.69, 9.17) is 0 Å². The fraction of sp³-hybridized carbons (Fsp3) is 0.417. The third-order valence-electron chi connectivity index (χ3n) is 6.49. The van der Waals surface area contributed by atoms with Crippen LogP contribution in [0.15, 0.2) is 48.5 Å². The van der Waals surface area contributed by atoms with Gasteiger partial charge in [-0.2, -0.15) is 0 Å². The van der Waals surface area contributed by atoms with Crippen LogP contribution < -0.4 is 4.90 Å². The van der Waals surface area contributed by atoms with E-state index in [-0.39, 0.29) is 17.7 Å². The van der Waals surface area contributed by atoms with Crippen LogP contribution in [0, 0.1) is 12.8 Å². The smallest absolute Gasteiger partial charge is 0.268 e. The van der Waals surface area contributed by atoms with Crippen molar-refractivity contribution in [1.82, 2.24) is 4.90 Å². The summed E-state index contributed by atoms with van der Waals surface area (Å²) in [6.07, 6.45) is 4.15. The van der Waals surface area contributed by atoms with Crippen LogP contribution in [0.4, 0.5) is 5.69 Å². The molecule has 0 N–H and O–H groups in total. The van der Waals surface area contributed by atoms with Gasteiger partial charge in [0.15, 0.2) is 4.87 Å². The van der Waals surface area contributed by atoms with Gasteiger partial charge in [0.05, 0.1) is 12.2 Å². The van der Waals surface area contributed by atoms with E-state index in [9.17, 15) is 9.59 Å². The molecule has 2 aromatic carbocycles. The lowest BCUT2D eigenvalue weighted by Gasteiger charge is -2.34. The second kappa shape index (κ2) is 7.21. The number of para-hydroxylation sites is 1. The van der Waals surface area contributed by atoms with Crippen molar-refractivity contribution in [2.45, 2.75) is 44.0 Å². The largest absolute Gasteiger partial charge is 0.315 e. The maximum absolute atomic E-state index is 13.9. The summed E-state index contributed by atoms with van der Waals surface area (Å²) in [4.78, 5) is 30.2. The molecule has 2 aliphatic heterocycles. The molecular weight excluding hydrogens is 380 g/mol. The number of aryl methyl sites for hydroxylation is 1. The summed E-state index contributed by atoms with van der Waals surface area (Å²) in [7, 11) is 0. The minimum Gasteiger partial charge on any atom is -0.315 e. The Morgan fingerprint density at radius 1 is 1.14 bits per heavy atom. The molecule has 2 fully saturated rings. The Kier molecular flexibility index (Phi) is 4.66. The first kappa shape index (κ1) is 18.7. The number of anilines is 1. The standard InChI is InChI=1S/C24H26N2O2S/c1-17-7-6-8-18(15-17)16-25-21-12-5-4-11-20(21)24(23(25)28)26(13-14-29-24)22(27)19-9-2-3-10-19/h4-8,11-12,15,19H,2-3,9-10,13-14,16H2,1H3/t24-/m0/s1. The lowest BCUT2D eigenvalue weighted by Crippen LogP contribution is -2.51. The van der Waals surface area contributed by atoms with E-state index >= 15 is 0 Å². The Balaban J connectivity index is 1.55. The minimum absolute atomic E-state index is 0.0362. The Bertz CT molecular complexity index is 969. The minimum atomic E-state index is -0.889. The molecule has 0 bridgehead atoms. The number of hydrogen-bond acceptors (Lipinski definition) is 3. The number of carbonyl (C=O) groups is 2. The van der Waals surface area contributed by atoms with Gasteiger partial charge >= 0.3 is 0 Å². The molecule has 1 aliphatic carbocycles. The van der Waals surface area contributed by atoms with Crippen molar-refractivity contribution in [3.63, 3.8) is 0 Å². The van der Waals surface area contributed by atoms with E-state index in [2.05, 4.69) is 25.1 Å². The average molecular weight is 407 g/mol. The fourth-order valence-electron chi connectivity index (χ4n) is 5.13. The highest BCUT2D eigenvalue weighted by molar-refractivity contribution is 8.01. The molecule has 1 saturated heterocycles. The van der Waals surface area contributed by atoms with Crippen LogP contribution in [0.1, 0.15) is 42.4 Å². The number of thioether (sulfide) groups is 1. The first-order valence-electron chi connectivity index (χ1n) is 10.5. The molecule has 1 saturated carbocycles. The highest BCUT2D eigenvalue weighted by Gasteiger charge is 2.59. The Morgan fingerprint density at radius 2 is 1.93 bits per heavy atom. The van der Waals surface area contributed by atoms with Crippen LogP contribution in [0.3, 0.4) is 0 Å². The van der Waals surface area contributed by atoms with Crippen molar-refractivity contribution in [2.24, 2.45) is 5.92 Å². The Labute approximate surface area is 176 Å². The summed E-state index contributed by atoms with van der Waals surface area (Å²) in [5.74, 6) is 1.09. The van der Waals surface area contributed by atoms with E-state index in [1.165, 1.54) is 5.56 Å². The molecule has 2 aromatic rings. The van der Waals surface area contributed by atoms with Crippen molar-refractivity contribution in [3.8, 4) is 0 Å². The van der Waals surface area contributed by atoms with Crippen LogP contribution in [-0.4, -0.2) is 29.0 Å². The third-order valence-corrected chi connectivity index (χ3v) is 7.91. The molecule has 5 heteroatoms. The van der Waals surface area contributed by atoms with Crippen LogP contribution in [0.25, 0.3) is 0 Å². The molecule has 1 spiro atoms. The van der Waals surface area contributed by atoms with E-state index < -0.39 is 4.87 Å². The fourth-order valence-corrected chi connectivity index (χ4v) is 6.60. The molecule has 2 heterocycles. The molecule has 4 nitrogen and oxygen atoms in total.